The van der Waals surface area contributed by atoms with Gasteiger partial charge in [0.15, 0.2) is 0 Å². The van der Waals surface area contributed by atoms with E-state index in [2.05, 4.69) is 37.6 Å². The van der Waals surface area contributed by atoms with Crippen molar-refractivity contribution in [2.75, 3.05) is 31.6 Å². The Hall–Kier alpha value is -3.25. The Kier molecular flexibility index (Phi) is 10.2. The maximum atomic E-state index is 13.9. The molecule has 0 saturated carbocycles. The van der Waals surface area contributed by atoms with Crippen LogP contribution in [0.4, 0.5) is 16.4 Å². The van der Waals surface area contributed by atoms with Crippen molar-refractivity contribution in [2.24, 2.45) is 0 Å². The Morgan fingerprint density at radius 2 is 1.76 bits per heavy atom. The summed E-state index contributed by atoms with van der Waals surface area (Å²) in [5, 5.41) is 6.06. The molecule has 1 aliphatic rings. The van der Waals surface area contributed by atoms with Crippen molar-refractivity contribution >= 4 is 39.4 Å². The van der Waals surface area contributed by atoms with Gasteiger partial charge in [-0.25, -0.2) is 23.2 Å². The summed E-state index contributed by atoms with van der Waals surface area (Å²) in [5.74, 6) is 0.308. The second kappa shape index (κ2) is 13.6. The molecule has 1 aromatic heterocycles. The van der Waals surface area contributed by atoms with Gasteiger partial charge < -0.3 is 15.4 Å². The first kappa shape index (κ1) is 30.7. The number of sulfonamides is 1. The number of hydrogen-bond acceptors (Lipinski definition) is 8. The van der Waals surface area contributed by atoms with E-state index in [9.17, 15) is 13.2 Å². The first-order valence-electron chi connectivity index (χ1n) is 13.6. The van der Waals surface area contributed by atoms with Crippen LogP contribution in [-0.4, -0.2) is 71.5 Å². The number of piperidine rings is 1. The summed E-state index contributed by atoms with van der Waals surface area (Å²) in [4.78, 5) is 22.9. The number of alkyl carbamates (subject to hydrolysis) is 1. The lowest BCUT2D eigenvalue weighted by molar-refractivity contribution is 0.112. The van der Waals surface area contributed by atoms with Crippen LogP contribution in [0.2, 0.25) is 5.15 Å². The molecule has 3 aromatic rings. The first-order valence-corrected chi connectivity index (χ1v) is 15.4. The normalized spacial score (nSPS) is 15.0. The zero-order chi connectivity index (χ0) is 29.5. The molecule has 0 atom stereocenters. The highest BCUT2D eigenvalue weighted by atomic mass is 35.5. The fraction of sp³-hybridized carbons (Fsp3) is 0.414. The molecule has 0 unspecified atom stereocenters. The number of hydrogen-bond donors (Lipinski definition) is 2. The summed E-state index contributed by atoms with van der Waals surface area (Å²) >= 11 is 5.93. The highest BCUT2D eigenvalue weighted by Gasteiger charge is 2.34. The van der Waals surface area contributed by atoms with Gasteiger partial charge in [-0.1, -0.05) is 41.9 Å². The maximum Gasteiger partial charge on any atom is 0.407 e. The van der Waals surface area contributed by atoms with E-state index in [0.717, 1.165) is 19.6 Å². The fourth-order valence-electron chi connectivity index (χ4n) is 4.65. The quantitative estimate of drug-likeness (QED) is 0.310. The van der Waals surface area contributed by atoms with Gasteiger partial charge in [0.2, 0.25) is 16.0 Å². The lowest BCUT2D eigenvalue weighted by Gasteiger charge is -2.37. The number of anilines is 2. The number of nitrogens with one attached hydrogen (secondary N) is 2. The van der Waals surface area contributed by atoms with E-state index < -0.39 is 21.7 Å². The number of rotatable bonds is 10. The van der Waals surface area contributed by atoms with Gasteiger partial charge in [0.25, 0.3) is 0 Å². The summed E-state index contributed by atoms with van der Waals surface area (Å²) < 4.78 is 34.7. The number of carbonyl (C=O) groups excluding carboxylic acids is 1. The van der Waals surface area contributed by atoms with Gasteiger partial charge in [0, 0.05) is 49.6 Å². The van der Waals surface area contributed by atoms with Crippen molar-refractivity contribution in [2.45, 2.75) is 56.6 Å². The van der Waals surface area contributed by atoms with Crippen molar-refractivity contribution in [3.63, 3.8) is 0 Å². The largest absolute Gasteiger partial charge is 0.448 e. The zero-order valence-corrected chi connectivity index (χ0v) is 25.2. The smallest absolute Gasteiger partial charge is 0.407 e. The van der Waals surface area contributed by atoms with Gasteiger partial charge in [-0.3, -0.25) is 4.90 Å². The van der Waals surface area contributed by atoms with Crippen LogP contribution in [0.3, 0.4) is 0 Å². The van der Waals surface area contributed by atoms with Gasteiger partial charge in [-0.05, 0) is 69.5 Å². The predicted octanol–water partition coefficient (Wildman–Crippen LogP) is 5.05. The predicted molar refractivity (Wildman–Crippen MR) is 160 cm³/mol. The molecule has 0 aliphatic carbocycles. The third-order valence-corrected chi connectivity index (χ3v) is 8.75. The van der Waals surface area contributed by atoms with Crippen LogP contribution >= 0.6 is 11.6 Å². The molecule has 220 valence electrons. The molecule has 0 radical (unpaired) electrons. The fourth-order valence-corrected chi connectivity index (χ4v) is 6.45. The summed E-state index contributed by atoms with van der Waals surface area (Å²) in [7, 11) is -3.88. The summed E-state index contributed by atoms with van der Waals surface area (Å²) in [5.41, 5.74) is 1.39. The monoisotopic (exact) mass is 600 g/mol. The van der Waals surface area contributed by atoms with Crippen LogP contribution in [0, 0.1) is 0 Å². The molecule has 1 saturated heterocycles. The number of amides is 1. The highest BCUT2D eigenvalue weighted by molar-refractivity contribution is 7.89. The third kappa shape index (κ3) is 9.12. The Morgan fingerprint density at radius 3 is 2.39 bits per heavy atom. The van der Waals surface area contributed by atoms with Gasteiger partial charge >= 0.3 is 6.09 Å². The van der Waals surface area contributed by atoms with E-state index in [0.29, 0.717) is 29.6 Å². The second-order valence-electron chi connectivity index (χ2n) is 11.0. The third-order valence-electron chi connectivity index (χ3n) is 6.57. The van der Waals surface area contributed by atoms with Crippen LogP contribution in [-0.2, 0) is 21.3 Å². The van der Waals surface area contributed by atoms with Gasteiger partial charge in [0.1, 0.15) is 11.8 Å². The lowest BCUT2D eigenvalue weighted by atomic mass is 10.0. The van der Waals surface area contributed by atoms with Gasteiger partial charge in [0.05, 0.1) is 4.90 Å². The highest BCUT2D eigenvalue weighted by Crippen LogP contribution is 2.26. The number of aromatic nitrogens is 2. The Labute approximate surface area is 247 Å². The zero-order valence-electron chi connectivity index (χ0n) is 23.6. The van der Waals surface area contributed by atoms with E-state index in [1.807, 2.05) is 39.0 Å². The molecule has 0 spiro atoms. The minimum absolute atomic E-state index is 0.0552. The van der Waals surface area contributed by atoms with Crippen molar-refractivity contribution in [3.8, 4) is 0 Å². The molecule has 2 heterocycles. The number of nitrogens with zero attached hydrogens (tertiary/aromatic N) is 4. The molecule has 1 fully saturated rings. The molecular formula is C29H37ClN6O4S. The van der Waals surface area contributed by atoms with E-state index in [1.165, 1.54) is 16.1 Å². The number of likely N-dealkylation sites (tertiary alicyclic amines) is 1. The molecule has 0 bridgehead atoms. The Balaban J connectivity index is 1.46. The Morgan fingerprint density at radius 1 is 1.07 bits per heavy atom. The molecule has 4 rings (SSSR count). The topological polar surface area (TPSA) is 117 Å². The summed E-state index contributed by atoms with van der Waals surface area (Å²) in [6.07, 6.45) is 2.30. The molecule has 1 amide bonds. The lowest BCUT2D eigenvalue weighted by Crippen LogP contribution is -2.48. The number of benzene rings is 2. The minimum Gasteiger partial charge on any atom is -0.448 e. The molecule has 12 heteroatoms. The summed E-state index contributed by atoms with van der Waals surface area (Å²) in [6, 6.07) is 18.0. The average molecular weight is 601 g/mol. The van der Waals surface area contributed by atoms with Gasteiger partial charge in [-0.15, -0.1) is 0 Å². The minimum atomic E-state index is -3.88. The number of ether oxygens (including phenoxy) is 1. The standard InChI is InChI=1S/C29H37ClN6O4S/c1-29(2,3)34-28(37)40-20-19-36(24-14-17-35(18-15-24)21-22-7-5-4-6-8-22)41(38,39)25-11-9-23(10-12-25)32-27-31-16-13-26(30)33-27/h4-13,16,24H,14-15,17-21H2,1-3H3,(H,34,37)(H,31,32,33). The molecule has 10 nitrogen and oxygen atoms in total. The molecule has 2 N–H and O–H groups in total. The maximum absolute atomic E-state index is 13.9. The second-order valence-corrected chi connectivity index (χ2v) is 13.2. The average Bonchev–Trinajstić information content (AvgIpc) is 2.92. The van der Waals surface area contributed by atoms with Gasteiger partial charge in [-0.2, -0.15) is 4.31 Å². The molecule has 1 aliphatic heterocycles. The van der Waals surface area contributed by atoms with E-state index in [-0.39, 0.29) is 24.1 Å². The van der Waals surface area contributed by atoms with E-state index in [1.54, 1.807) is 30.3 Å². The summed E-state index contributed by atoms with van der Waals surface area (Å²) in [6.45, 7) is 7.90. The molecular weight excluding hydrogens is 564 g/mol. The Bertz CT molecular complexity index is 1390. The van der Waals surface area contributed by atoms with Crippen molar-refractivity contribution < 1.29 is 17.9 Å². The number of halogens is 1. The van der Waals surface area contributed by atoms with Crippen LogP contribution in [0.15, 0.2) is 71.8 Å². The first-order chi connectivity index (χ1) is 19.5. The van der Waals surface area contributed by atoms with Crippen molar-refractivity contribution in [3.05, 3.63) is 77.6 Å². The SMILES string of the molecule is CC(C)(C)NC(=O)OCCN(C1CCN(Cc2ccccc2)CC1)S(=O)(=O)c1ccc(Nc2nccc(Cl)n2)cc1. The van der Waals surface area contributed by atoms with Crippen LogP contribution < -0.4 is 10.6 Å². The van der Waals surface area contributed by atoms with Crippen molar-refractivity contribution in [1.29, 1.82) is 0 Å². The van der Waals surface area contributed by atoms with Crippen LogP contribution in [0.1, 0.15) is 39.2 Å². The number of carbonyl (C=O) groups is 1. The van der Waals surface area contributed by atoms with Crippen LogP contribution in [0.5, 0.6) is 0 Å². The van der Waals surface area contributed by atoms with Crippen LogP contribution in [0.25, 0.3) is 0 Å². The van der Waals surface area contributed by atoms with E-state index >= 15 is 0 Å². The van der Waals surface area contributed by atoms with E-state index in [4.69, 9.17) is 16.3 Å². The molecule has 41 heavy (non-hydrogen) atoms. The van der Waals surface area contributed by atoms with Crippen molar-refractivity contribution in [1.82, 2.24) is 24.5 Å². The molecule has 2 aromatic carbocycles.